The maximum Gasteiger partial charge on any atom is 0.0931 e. The second-order valence-corrected chi connectivity index (χ2v) is 6.70. The molecule has 0 aliphatic carbocycles. The zero-order chi connectivity index (χ0) is 13.7. The Bertz CT molecular complexity index is 494. The molecule has 0 spiro atoms. The molecule has 0 bridgehead atoms. The first-order valence-corrected chi connectivity index (χ1v) is 7.90. The Morgan fingerprint density at radius 3 is 2.47 bits per heavy atom. The Kier molecular flexibility index (Phi) is 5.44. The molecule has 0 saturated carbocycles. The number of benzene rings is 1. The van der Waals surface area contributed by atoms with Gasteiger partial charge in [0.2, 0.25) is 0 Å². The molecular formula is C16H20ClNS. The summed E-state index contributed by atoms with van der Waals surface area (Å²) in [5.74, 6) is 0. The molecule has 1 aromatic heterocycles. The van der Waals surface area contributed by atoms with E-state index in [9.17, 15) is 0 Å². The lowest BCUT2D eigenvalue weighted by Crippen LogP contribution is -2.28. The van der Waals surface area contributed by atoms with E-state index < -0.39 is 0 Å². The molecule has 102 valence electrons. The molecule has 0 aliphatic rings. The van der Waals surface area contributed by atoms with Crippen molar-refractivity contribution in [3.05, 3.63) is 57.2 Å². The summed E-state index contributed by atoms with van der Waals surface area (Å²) in [5.41, 5.74) is 1.41. The standard InChI is InChI=1S/C16H20ClNS/c1-12(8-9-14-6-4-3-5-7-14)18-13(2)15-10-11-16(17)19-15/h3-7,10-13,18H,8-9H2,1-2H3. The van der Waals surface area contributed by atoms with Gasteiger partial charge in [0.05, 0.1) is 4.34 Å². The molecule has 0 amide bonds. The molecule has 1 heterocycles. The van der Waals surface area contributed by atoms with E-state index in [1.807, 2.05) is 6.07 Å². The van der Waals surface area contributed by atoms with Crippen LogP contribution in [0.15, 0.2) is 42.5 Å². The van der Waals surface area contributed by atoms with Crippen LogP contribution in [0.2, 0.25) is 4.34 Å². The predicted octanol–water partition coefficient (Wildman–Crippen LogP) is 5.07. The van der Waals surface area contributed by atoms with Crippen molar-refractivity contribution in [1.82, 2.24) is 5.32 Å². The van der Waals surface area contributed by atoms with Crippen LogP contribution < -0.4 is 5.32 Å². The molecule has 19 heavy (non-hydrogen) atoms. The number of hydrogen-bond acceptors (Lipinski definition) is 2. The molecule has 0 radical (unpaired) electrons. The number of nitrogens with one attached hydrogen (secondary N) is 1. The Hall–Kier alpha value is -0.830. The molecular weight excluding hydrogens is 274 g/mol. The van der Waals surface area contributed by atoms with Crippen LogP contribution in [0, 0.1) is 0 Å². The van der Waals surface area contributed by atoms with E-state index >= 15 is 0 Å². The van der Waals surface area contributed by atoms with Gasteiger partial charge in [-0.25, -0.2) is 0 Å². The average molecular weight is 294 g/mol. The SMILES string of the molecule is CC(CCc1ccccc1)NC(C)c1ccc(Cl)s1. The highest BCUT2D eigenvalue weighted by molar-refractivity contribution is 7.16. The summed E-state index contributed by atoms with van der Waals surface area (Å²) in [4.78, 5) is 1.30. The quantitative estimate of drug-likeness (QED) is 0.784. The van der Waals surface area contributed by atoms with E-state index in [2.05, 4.69) is 55.6 Å². The van der Waals surface area contributed by atoms with E-state index in [0.717, 1.165) is 17.2 Å². The zero-order valence-electron chi connectivity index (χ0n) is 11.4. The minimum absolute atomic E-state index is 0.364. The molecule has 3 heteroatoms. The third kappa shape index (κ3) is 4.64. The van der Waals surface area contributed by atoms with Crippen LogP contribution in [0.5, 0.6) is 0 Å². The van der Waals surface area contributed by atoms with Crippen molar-refractivity contribution >= 4 is 22.9 Å². The third-order valence-corrected chi connectivity index (χ3v) is 4.68. The minimum atomic E-state index is 0.364. The van der Waals surface area contributed by atoms with Crippen molar-refractivity contribution in [3.8, 4) is 0 Å². The fraction of sp³-hybridized carbons (Fsp3) is 0.375. The zero-order valence-corrected chi connectivity index (χ0v) is 13.0. The molecule has 0 aliphatic heterocycles. The van der Waals surface area contributed by atoms with Crippen molar-refractivity contribution in [3.63, 3.8) is 0 Å². The van der Waals surface area contributed by atoms with Gasteiger partial charge in [0, 0.05) is 17.0 Å². The monoisotopic (exact) mass is 293 g/mol. The van der Waals surface area contributed by atoms with E-state index in [1.165, 1.54) is 10.4 Å². The first-order valence-electron chi connectivity index (χ1n) is 6.70. The normalized spacial score (nSPS) is 14.3. The van der Waals surface area contributed by atoms with Crippen LogP contribution >= 0.6 is 22.9 Å². The highest BCUT2D eigenvalue weighted by Gasteiger charge is 2.11. The molecule has 2 rings (SSSR count). The summed E-state index contributed by atoms with van der Waals surface area (Å²) in [5, 5.41) is 3.63. The maximum atomic E-state index is 5.97. The lowest BCUT2D eigenvalue weighted by Gasteiger charge is -2.19. The molecule has 2 unspecified atom stereocenters. The van der Waals surface area contributed by atoms with Crippen LogP contribution in [-0.2, 0) is 6.42 Å². The van der Waals surface area contributed by atoms with Crippen molar-refractivity contribution in [1.29, 1.82) is 0 Å². The highest BCUT2D eigenvalue weighted by Crippen LogP contribution is 2.27. The Labute approximate surface area is 124 Å². The summed E-state index contributed by atoms with van der Waals surface area (Å²) >= 11 is 7.63. The molecule has 1 nitrogen and oxygen atoms in total. The van der Waals surface area contributed by atoms with E-state index in [-0.39, 0.29) is 0 Å². The third-order valence-electron chi connectivity index (χ3n) is 3.26. The lowest BCUT2D eigenvalue weighted by molar-refractivity contribution is 0.460. The summed E-state index contributed by atoms with van der Waals surface area (Å²) in [6.45, 7) is 4.44. The largest absolute Gasteiger partial charge is 0.307 e. The van der Waals surface area contributed by atoms with Crippen molar-refractivity contribution < 1.29 is 0 Å². The van der Waals surface area contributed by atoms with Crippen LogP contribution in [0.4, 0.5) is 0 Å². The van der Waals surface area contributed by atoms with Crippen LogP contribution in [0.25, 0.3) is 0 Å². The highest BCUT2D eigenvalue weighted by atomic mass is 35.5. The fourth-order valence-corrected chi connectivity index (χ4v) is 3.25. The van der Waals surface area contributed by atoms with Crippen LogP contribution in [0.1, 0.15) is 36.8 Å². The topological polar surface area (TPSA) is 12.0 Å². The second-order valence-electron chi connectivity index (χ2n) is 4.96. The smallest absolute Gasteiger partial charge is 0.0931 e. The first kappa shape index (κ1) is 14.6. The number of halogens is 1. The Morgan fingerprint density at radius 2 is 1.84 bits per heavy atom. The first-order chi connectivity index (χ1) is 9.15. The minimum Gasteiger partial charge on any atom is -0.307 e. The fourth-order valence-electron chi connectivity index (χ4n) is 2.18. The van der Waals surface area contributed by atoms with E-state index in [1.54, 1.807) is 11.3 Å². The lowest BCUT2D eigenvalue weighted by atomic mass is 10.1. The van der Waals surface area contributed by atoms with Gasteiger partial charge < -0.3 is 5.32 Å². The number of hydrogen-bond donors (Lipinski definition) is 1. The van der Waals surface area contributed by atoms with Gasteiger partial charge in [-0.1, -0.05) is 41.9 Å². The second kappa shape index (κ2) is 7.09. The predicted molar refractivity (Wildman–Crippen MR) is 85.1 cm³/mol. The van der Waals surface area contributed by atoms with Crippen LogP contribution in [-0.4, -0.2) is 6.04 Å². The van der Waals surface area contributed by atoms with Crippen LogP contribution in [0.3, 0.4) is 0 Å². The van der Waals surface area contributed by atoms with Crippen molar-refractivity contribution in [2.24, 2.45) is 0 Å². The summed E-state index contributed by atoms with van der Waals surface area (Å²) in [6.07, 6.45) is 2.26. The van der Waals surface area contributed by atoms with Gasteiger partial charge in [-0.2, -0.15) is 0 Å². The van der Waals surface area contributed by atoms with Gasteiger partial charge in [0.25, 0.3) is 0 Å². The van der Waals surface area contributed by atoms with E-state index in [4.69, 9.17) is 11.6 Å². The summed E-state index contributed by atoms with van der Waals surface area (Å²) in [7, 11) is 0. The Morgan fingerprint density at radius 1 is 1.11 bits per heavy atom. The van der Waals surface area contributed by atoms with Crippen molar-refractivity contribution in [2.75, 3.05) is 0 Å². The molecule has 1 aromatic carbocycles. The summed E-state index contributed by atoms with van der Waals surface area (Å²) in [6, 6.07) is 15.6. The van der Waals surface area contributed by atoms with Gasteiger partial charge in [-0.05, 0) is 44.4 Å². The molecule has 1 N–H and O–H groups in total. The van der Waals surface area contributed by atoms with Gasteiger partial charge in [-0.15, -0.1) is 11.3 Å². The molecule has 2 aromatic rings. The Balaban J connectivity index is 1.79. The van der Waals surface area contributed by atoms with Gasteiger partial charge in [0.15, 0.2) is 0 Å². The number of thiophene rings is 1. The number of aryl methyl sites for hydroxylation is 1. The van der Waals surface area contributed by atoms with Gasteiger partial charge in [0.1, 0.15) is 0 Å². The van der Waals surface area contributed by atoms with Gasteiger partial charge in [-0.3, -0.25) is 0 Å². The average Bonchev–Trinajstić information content (AvgIpc) is 2.84. The summed E-state index contributed by atoms with van der Waals surface area (Å²) < 4.78 is 0.862. The molecule has 0 saturated heterocycles. The molecule has 0 fully saturated rings. The van der Waals surface area contributed by atoms with Gasteiger partial charge >= 0.3 is 0 Å². The van der Waals surface area contributed by atoms with E-state index in [0.29, 0.717) is 12.1 Å². The number of rotatable bonds is 6. The maximum absolute atomic E-state index is 5.97. The molecule has 2 atom stereocenters. The van der Waals surface area contributed by atoms with Crippen molar-refractivity contribution in [2.45, 2.75) is 38.8 Å².